The van der Waals surface area contributed by atoms with Gasteiger partial charge in [0.2, 0.25) is 19.4 Å². The summed E-state index contributed by atoms with van der Waals surface area (Å²) in [5.74, 6) is 1.48. The fourth-order valence-corrected chi connectivity index (χ4v) is 5.08. The number of benzene rings is 2. The van der Waals surface area contributed by atoms with E-state index in [1.807, 2.05) is 36.4 Å². The predicted octanol–water partition coefficient (Wildman–Crippen LogP) is 2.05. The highest BCUT2D eigenvalue weighted by Gasteiger charge is 2.67. The van der Waals surface area contributed by atoms with Gasteiger partial charge >= 0.3 is 0 Å². The van der Waals surface area contributed by atoms with Crippen molar-refractivity contribution in [1.29, 1.82) is 0 Å². The van der Waals surface area contributed by atoms with Gasteiger partial charge in [-0.25, -0.2) is 0 Å². The molecular formula is C23H24O8. The number of aliphatic hydroxyl groups is 1. The summed E-state index contributed by atoms with van der Waals surface area (Å²) in [5.41, 5.74) is 0.725. The van der Waals surface area contributed by atoms with Crippen LogP contribution in [0.15, 0.2) is 36.4 Å². The van der Waals surface area contributed by atoms with Crippen molar-refractivity contribution in [2.45, 2.75) is 30.3 Å². The van der Waals surface area contributed by atoms with Crippen molar-refractivity contribution in [3.63, 3.8) is 0 Å². The van der Waals surface area contributed by atoms with E-state index in [0.717, 1.165) is 22.6 Å². The summed E-state index contributed by atoms with van der Waals surface area (Å²) >= 11 is 0. The third-order valence-corrected chi connectivity index (χ3v) is 6.81. The van der Waals surface area contributed by atoms with E-state index in [1.165, 1.54) is 0 Å². The normalized spacial score (nSPS) is 32.5. The van der Waals surface area contributed by atoms with Crippen molar-refractivity contribution in [2.24, 2.45) is 5.92 Å². The molecule has 4 heterocycles. The third-order valence-electron chi connectivity index (χ3n) is 6.81. The van der Waals surface area contributed by atoms with E-state index in [1.54, 1.807) is 7.11 Å². The number of hydrogen-bond acceptors (Lipinski definition) is 8. The Kier molecular flexibility index (Phi) is 4.33. The summed E-state index contributed by atoms with van der Waals surface area (Å²) in [6.45, 7) is 0.951. The monoisotopic (exact) mass is 428 g/mol. The molecule has 4 aliphatic rings. The quantitative estimate of drug-likeness (QED) is 0.775. The number of fused-ring (bicyclic) bond motifs is 3. The summed E-state index contributed by atoms with van der Waals surface area (Å²) in [7, 11) is 1.57. The fourth-order valence-electron chi connectivity index (χ4n) is 5.08. The number of hydrogen-bond donors (Lipinski definition) is 1. The Morgan fingerprint density at radius 2 is 1.58 bits per heavy atom. The van der Waals surface area contributed by atoms with E-state index >= 15 is 0 Å². The maximum atomic E-state index is 11.7. The van der Waals surface area contributed by atoms with E-state index in [-0.39, 0.29) is 32.2 Å². The zero-order valence-corrected chi connectivity index (χ0v) is 17.2. The molecule has 31 heavy (non-hydrogen) atoms. The first-order valence-electron chi connectivity index (χ1n) is 10.4. The Bertz CT molecular complexity index is 1010. The summed E-state index contributed by atoms with van der Waals surface area (Å²) in [4.78, 5) is 0. The van der Waals surface area contributed by atoms with E-state index in [2.05, 4.69) is 0 Å². The molecule has 0 spiro atoms. The van der Waals surface area contributed by atoms with Crippen molar-refractivity contribution in [3.8, 4) is 23.0 Å². The molecule has 2 aromatic carbocycles. The number of methoxy groups -OCH3 is 1. The Hall–Kier alpha value is -2.52. The lowest BCUT2D eigenvalue weighted by Crippen LogP contribution is -2.57. The van der Waals surface area contributed by atoms with Gasteiger partial charge in [0.05, 0.1) is 19.3 Å². The molecule has 1 N–H and O–H groups in total. The second-order valence-corrected chi connectivity index (χ2v) is 8.40. The molecule has 4 unspecified atom stereocenters. The van der Waals surface area contributed by atoms with Crippen LogP contribution in [-0.4, -0.2) is 56.5 Å². The molecule has 0 amide bonds. The molecular weight excluding hydrogens is 404 g/mol. The minimum Gasteiger partial charge on any atom is -0.454 e. The molecule has 8 nitrogen and oxygen atoms in total. The van der Waals surface area contributed by atoms with Crippen LogP contribution >= 0.6 is 0 Å². The van der Waals surface area contributed by atoms with E-state index < -0.39 is 11.4 Å². The molecule has 4 aliphatic heterocycles. The minimum absolute atomic E-state index is 0.144. The topological polar surface area (TPSA) is 84.8 Å². The van der Waals surface area contributed by atoms with Crippen LogP contribution < -0.4 is 18.9 Å². The zero-order valence-electron chi connectivity index (χ0n) is 17.2. The van der Waals surface area contributed by atoms with E-state index in [4.69, 9.17) is 33.2 Å². The van der Waals surface area contributed by atoms with Crippen LogP contribution in [-0.2, 0) is 27.1 Å². The van der Waals surface area contributed by atoms with Crippen molar-refractivity contribution in [3.05, 3.63) is 47.5 Å². The molecule has 0 aromatic heterocycles. The molecule has 6 rings (SSSR count). The van der Waals surface area contributed by atoms with Gasteiger partial charge in [0, 0.05) is 19.4 Å². The van der Waals surface area contributed by atoms with Crippen LogP contribution in [0.3, 0.4) is 0 Å². The fraction of sp³-hybridized carbons (Fsp3) is 0.478. The van der Waals surface area contributed by atoms with Gasteiger partial charge in [-0.05, 0) is 41.8 Å². The van der Waals surface area contributed by atoms with Crippen LogP contribution in [0.1, 0.15) is 11.1 Å². The van der Waals surface area contributed by atoms with Gasteiger partial charge in [0.25, 0.3) is 0 Å². The Morgan fingerprint density at radius 1 is 0.935 bits per heavy atom. The molecule has 0 bridgehead atoms. The average molecular weight is 428 g/mol. The third kappa shape index (κ3) is 2.90. The number of ether oxygens (including phenoxy) is 7. The summed E-state index contributed by atoms with van der Waals surface area (Å²) < 4.78 is 39.8. The summed E-state index contributed by atoms with van der Waals surface area (Å²) in [5, 5.41) is 11.7. The van der Waals surface area contributed by atoms with Crippen LogP contribution in [0.4, 0.5) is 0 Å². The Balaban J connectivity index is 1.23. The molecule has 0 aliphatic carbocycles. The van der Waals surface area contributed by atoms with Crippen molar-refractivity contribution in [1.82, 2.24) is 0 Å². The smallest absolute Gasteiger partial charge is 0.231 e. The van der Waals surface area contributed by atoms with E-state index in [0.29, 0.717) is 30.9 Å². The van der Waals surface area contributed by atoms with Crippen molar-refractivity contribution in [2.75, 3.05) is 33.9 Å². The van der Waals surface area contributed by atoms with Crippen LogP contribution in [0.5, 0.6) is 23.0 Å². The number of rotatable bonds is 5. The standard InChI is InChI=1S/C23H24O8/c1-25-23(9-15-3-5-18-21(8-15)30-13-28-18)22(24)11-26-19(16(22)10-31-23)6-14-2-4-17-20(7-14)29-12-27-17/h2-5,7-8,16,19,24H,6,9-13H2,1H3. The van der Waals surface area contributed by atoms with E-state index in [9.17, 15) is 5.11 Å². The summed E-state index contributed by atoms with van der Waals surface area (Å²) in [6, 6.07) is 11.6. The first kappa shape index (κ1) is 19.2. The zero-order chi connectivity index (χ0) is 21.1. The second-order valence-electron chi connectivity index (χ2n) is 8.40. The highest BCUT2D eigenvalue weighted by molar-refractivity contribution is 5.46. The molecule has 0 saturated carbocycles. The predicted molar refractivity (Wildman–Crippen MR) is 106 cm³/mol. The minimum atomic E-state index is -1.26. The lowest BCUT2D eigenvalue weighted by Gasteiger charge is -2.38. The Morgan fingerprint density at radius 3 is 2.29 bits per heavy atom. The van der Waals surface area contributed by atoms with Gasteiger partial charge in [0.1, 0.15) is 5.60 Å². The van der Waals surface area contributed by atoms with Crippen LogP contribution in [0.2, 0.25) is 0 Å². The molecule has 2 fully saturated rings. The van der Waals surface area contributed by atoms with Gasteiger partial charge in [0.15, 0.2) is 23.0 Å². The maximum absolute atomic E-state index is 11.7. The molecule has 164 valence electrons. The molecule has 2 saturated heterocycles. The van der Waals surface area contributed by atoms with Crippen molar-refractivity contribution >= 4 is 0 Å². The first-order chi connectivity index (χ1) is 15.1. The first-order valence-corrected chi connectivity index (χ1v) is 10.4. The second kappa shape index (κ2) is 7.00. The maximum Gasteiger partial charge on any atom is 0.231 e. The molecule has 4 atom stereocenters. The lowest BCUT2D eigenvalue weighted by atomic mass is 9.79. The Labute approximate surface area is 179 Å². The highest BCUT2D eigenvalue weighted by Crippen LogP contribution is 2.50. The van der Waals surface area contributed by atoms with Gasteiger partial charge < -0.3 is 38.3 Å². The van der Waals surface area contributed by atoms with Crippen LogP contribution in [0, 0.1) is 5.92 Å². The SMILES string of the molecule is COC1(Cc2ccc3c(c2)OCO3)OCC2C(Cc3ccc4c(c3)OCO4)OCC21O. The molecule has 2 aromatic rings. The molecule has 8 heteroatoms. The molecule has 0 radical (unpaired) electrons. The lowest BCUT2D eigenvalue weighted by molar-refractivity contribution is -0.272. The van der Waals surface area contributed by atoms with Gasteiger partial charge in [-0.2, -0.15) is 0 Å². The van der Waals surface area contributed by atoms with Gasteiger partial charge in [-0.1, -0.05) is 12.1 Å². The highest BCUT2D eigenvalue weighted by atomic mass is 16.7. The van der Waals surface area contributed by atoms with Crippen molar-refractivity contribution < 1.29 is 38.3 Å². The van der Waals surface area contributed by atoms with Gasteiger partial charge in [-0.15, -0.1) is 0 Å². The van der Waals surface area contributed by atoms with Crippen LogP contribution in [0.25, 0.3) is 0 Å². The summed E-state index contributed by atoms with van der Waals surface area (Å²) in [6.07, 6.45) is 0.809. The van der Waals surface area contributed by atoms with Gasteiger partial charge in [-0.3, -0.25) is 0 Å². The average Bonchev–Trinajstić information content (AvgIpc) is 3.54. The largest absolute Gasteiger partial charge is 0.454 e.